The van der Waals surface area contributed by atoms with Crippen LogP contribution in [0.4, 0.5) is 10.8 Å². The van der Waals surface area contributed by atoms with Gasteiger partial charge in [-0.15, -0.1) is 0 Å². The zero-order chi connectivity index (χ0) is 23.3. The van der Waals surface area contributed by atoms with Crippen molar-refractivity contribution in [3.8, 4) is 11.3 Å². The van der Waals surface area contributed by atoms with Crippen LogP contribution < -0.4 is 5.32 Å². The summed E-state index contributed by atoms with van der Waals surface area (Å²) in [6.45, 7) is 1.83. The molecule has 0 fully saturated rings. The summed E-state index contributed by atoms with van der Waals surface area (Å²) in [6, 6.07) is 12.1. The molecule has 0 spiro atoms. The first-order valence-corrected chi connectivity index (χ1v) is 10.1. The van der Waals surface area contributed by atoms with Gasteiger partial charge in [-0.2, -0.15) is 0 Å². The highest BCUT2D eigenvalue weighted by Gasteiger charge is 2.23. The highest BCUT2D eigenvalue weighted by molar-refractivity contribution is 7.18. The number of methoxy groups -OCH3 is 1. The summed E-state index contributed by atoms with van der Waals surface area (Å²) in [7, 11) is 1.12. The summed E-state index contributed by atoms with van der Waals surface area (Å²) in [5.74, 6) is -2.16. The standard InChI is InChI=1S/C21H17N3O7S/c1-3-31-20(27)17-16(12-7-5-4-6-8-12)22-21(32-17)23-18(25)13-9-14(19(26)30-2)11-15(10-13)24(28)29/h4-11H,3H2,1-2H3,(H,22,23,25). The van der Waals surface area contributed by atoms with Crippen molar-refractivity contribution in [3.05, 3.63) is 74.6 Å². The molecule has 0 aliphatic rings. The quantitative estimate of drug-likeness (QED) is 0.321. The van der Waals surface area contributed by atoms with E-state index in [9.17, 15) is 24.5 Å². The first-order chi connectivity index (χ1) is 15.3. The average Bonchev–Trinajstić information content (AvgIpc) is 3.22. The maximum Gasteiger partial charge on any atom is 0.350 e. The number of carbonyl (C=O) groups excluding carboxylic acids is 3. The number of esters is 2. The van der Waals surface area contributed by atoms with Crippen LogP contribution in [0.5, 0.6) is 0 Å². The maximum absolute atomic E-state index is 12.8. The lowest BCUT2D eigenvalue weighted by atomic mass is 10.1. The van der Waals surface area contributed by atoms with E-state index in [4.69, 9.17) is 4.74 Å². The molecule has 0 bridgehead atoms. The van der Waals surface area contributed by atoms with Gasteiger partial charge in [0.15, 0.2) is 5.13 Å². The summed E-state index contributed by atoms with van der Waals surface area (Å²) >= 11 is 0.908. The molecule has 0 saturated carbocycles. The van der Waals surface area contributed by atoms with Crippen LogP contribution in [0.15, 0.2) is 48.5 Å². The molecule has 1 aromatic heterocycles. The summed E-state index contributed by atoms with van der Waals surface area (Å²) < 4.78 is 9.67. The molecule has 0 radical (unpaired) electrons. The molecule has 32 heavy (non-hydrogen) atoms. The molecule has 1 heterocycles. The number of carbonyl (C=O) groups is 3. The van der Waals surface area contributed by atoms with E-state index in [-0.39, 0.29) is 27.7 Å². The number of benzene rings is 2. The number of thiazole rings is 1. The van der Waals surface area contributed by atoms with Crippen LogP contribution in [-0.4, -0.2) is 41.5 Å². The van der Waals surface area contributed by atoms with Crippen molar-refractivity contribution in [2.24, 2.45) is 0 Å². The average molecular weight is 455 g/mol. The molecule has 1 N–H and O–H groups in total. The van der Waals surface area contributed by atoms with Gasteiger partial charge in [0.05, 0.1) is 29.9 Å². The molecule has 3 aromatic rings. The lowest BCUT2D eigenvalue weighted by Gasteiger charge is -2.05. The van der Waals surface area contributed by atoms with Crippen molar-refractivity contribution in [2.75, 3.05) is 19.0 Å². The van der Waals surface area contributed by atoms with Crippen molar-refractivity contribution in [3.63, 3.8) is 0 Å². The molecule has 1 amide bonds. The number of amides is 1. The number of nitro benzene ring substituents is 1. The Morgan fingerprint density at radius 1 is 1.09 bits per heavy atom. The number of ether oxygens (including phenoxy) is 2. The lowest BCUT2D eigenvalue weighted by molar-refractivity contribution is -0.384. The third-order valence-corrected chi connectivity index (χ3v) is 5.12. The molecule has 0 unspecified atom stereocenters. The van der Waals surface area contributed by atoms with Gasteiger partial charge in [-0.3, -0.25) is 20.2 Å². The Hall–Kier alpha value is -4.12. The van der Waals surface area contributed by atoms with Crippen molar-refractivity contribution < 1.29 is 28.8 Å². The second kappa shape index (κ2) is 9.79. The summed E-state index contributed by atoms with van der Waals surface area (Å²) in [6.07, 6.45) is 0. The van der Waals surface area contributed by atoms with Gasteiger partial charge in [0.25, 0.3) is 11.6 Å². The van der Waals surface area contributed by atoms with Crippen molar-refractivity contribution in [2.45, 2.75) is 6.92 Å². The van der Waals surface area contributed by atoms with Gasteiger partial charge in [0.2, 0.25) is 0 Å². The van der Waals surface area contributed by atoms with E-state index in [1.54, 1.807) is 31.2 Å². The molecule has 3 rings (SSSR count). The first-order valence-electron chi connectivity index (χ1n) is 9.26. The highest BCUT2D eigenvalue weighted by atomic mass is 32.1. The predicted molar refractivity (Wildman–Crippen MR) is 116 cm³/mol. The summed E-state index contributed by atoms with van der Waals surface area (Å²) in [5, 5.41) is 13.8. The van der Waals surface area contributed by atoms with Crippen LogP contribution in [0.1, 0.15) is 37.3 Å². The highest BCUT2D eigenvalue weighted by Crippen LogP contribution is 2.32. The Morgan fingerprint density at radius 3 is 2.41 bits per heavy atom. The third kappa shape index (κ3) is 4.95. The Bertz CT molecular complexity index is 1190. The first kappa shape index (κ1) is 22.6. The zero-order valence-electron chi connectivity index (χ0n) is 17.0. The van der Waals surface area contributed by atoms with E-state index >= 15 is 0 Å². The van der Waals surface area contributed by atoms with E-state index in [0.717, 1.165) is 30.6 Å². The molecule has 11 heteroatoms. The Labute approximate surface area is 186 Å². The zero-order valence-corrected chi connectivity index (χ0v) is 17.8. The Kier molecular flexibility index (Phi) is 6.90. The molecule has 2 aromatic carbocycles. The van der Waals surface area contributed by atoms with Gasteiger partial charge in [-0.25, -0.2) is 14.6 Å². The minimum atomic E-state index is -0.826. The van der Waals surface area contributed by atoms with Crippen LogP contribution in [-0.2, 0) is 9.47 Å². The van der Waals surface area contributed by atoms with Gasteiger partial charge < -0.3 is 9.47 Å². The Balaban J connectivity index is 1.97. The summed E-state index contributed by atoms with van der Waals surface area (Å²) in [4.78, 5) is 52.0. The van der Waals surface area contributed by atoms with Gasteiger partial charge in [-0.1, -0.05) is 41.7 Å². The predicted octanol–water partition coefficient (Wildman–Crippen LogP) is 3.93. The minimum Gasteiger partial charge on any atom is -0.465 e. The number of nitrogens with zero attached hydrogens (tertiary/aromatic N) is 2. The van der Waals surface area contributed by atoms with E-state index in [1.807, 2.05) is 6.07 Å². The maximum atomic E-state index is 12.8. The number of nitrogens with one attached hydrogen (secondary N) is 1. The molecular weight excluding hydrogens is 438 g/mol. The second-order valence-corrected chi connectivity index (χ2v) is 7.25. The molecule has 0 atom stereocenters. The van der Waals surface area contributed by atoms with E-state index in [1.165, 1.54) is 6.07 Å². The molecule has 0 saturated heterocycles. The fraction of sp³-hybridized carbons (Fsp3) is 0.143. The number of hydrogen-bond acceptors (Lipinski definition) is 9. The van der Waals surface area contributed by atoms with Gasteiger partial charge in [0.1, 0.15) is 4.88 Å². The van der Waals surface area contributed by atoms with Crippen molar-refractivity contribution in [1.82, 2.24) is 4.98 Å². The van der Waals surface area contributed by atoms with Gasteiger partial charge >= 0.3 is 11.9 Å². The number of anilines is 1. The fourth-order valence-corrected chi connectivity index (χ4v) is 3.63. The lowest BCUT2D eigenvalue weighted by Crippen LogP contribution is -2.14. The normalized spacial score (nSPS) is 10.3. The molecule has 164 valence electrons. The molecule has 0 aliphatic heterocycles. The number of aromatic nitrogens is 1. The SMILES string of the molecule is CCOC(=O)c1sc(NC(=O)c2cc(C(=O)OC)cc([N+](=O)[O-])c2)nc1-c1ccccc1. The number of hydrogen-bond donors (Lipinski definition) is 1. The van der Waals surface area contributed by atoms with Crippen LogP contribution in [0.25, 0.3) is 11.3 Å². The molecular formula is C21H17N3O7S. The van der Waals surface area contributed by atoms with E-state index in [0.29, 0.717) is 11.3 Å². The number of rotatable bonds is 7. The van der Waals surface area contributed by atoms with Gasteiger partial charge in [0, 0.05) is 23.3 Å². The molecule has 10 nitrogen and oxygen atoms in total. The van der Waals surface area contributed by atoms with Crippen LogP contribution in [0, 0.1) is 10.1 Å². The van der Waals surface area contributed by atoms with Crippen molar-refractivity contribution >= 4 is 40.0 Å². The van der Waals surface area contributed by atoms with Crippen LogP contribution in [0.3, 0.4) is 0 Å². The van der Waals surface area contributed by atoms with Crippen LogP contribution in [0.2, 0.25) is 0 Å². The Morgan fingerprint density at radius 2 is 1.78 bits per heavy atom. The number of non-ortho nitro benzene ring substituents is 1. The van der Waals surface area contributed by atoms with Gasteiger partial charge in [-0.05, 0) is 13.0 Å². The fourth-order valence-electron chi connectivity index (χ4n) is 2.75. The largest absolute Gasteiger partial charge is 0.465 e. The topological polar surface area (TPSA) is 138 Å². The van der Waals surface area contributed by atoms with Crippen molar-refractivity contribution in [1.29, 1.82) is 0 Å². The monoisotopic (exact) mass is 455 g/mol. The minimum absolute atomic E-state index is 0.0861. The van der Waals surface area contributed by atoms with E-state index in [2.05, 4.69) is 15.0 Å². The third-order valence-electron chi connectivity index (χ3n) is 4.17. The summed E-state index contributed by atoms with van der Waals surface area (Å²) in [5.41, 5.74) is 0.237. The smallest absolute Gasteiger partial charge is 0.350 e. The molecule has 0 aliphatic carbocycles. The second-order valence-electron chi connectivity index (χ2n) is 6.25. The van der Waals surface area contributed by atoms with Crippen LogP contribution >= 0.6 is 11.3 Å². The van der Waals surface area contributed by atoms with E-state index < -0.39 is 28.5 Å². The number of nitro groups is 1.